The smallest absolute Gasteiger partial charge is 0.271 e. The average molecular weight is 308 g/mol. The summed E-state index contributed by atoms with van der Waals surface area (Å²) in [6.07, 6.45) is 0. The van der Waals surface area contributed by atoms with Gasteiger partial charge in [-0.15, -0.1) is 4.37 Å². The summed E-state index contributed by atoms with van der Waals surface area (Å²) < 4.78 is 27.2. The first kappa shape index (κ1) is 14.2. The standard InChI is InChI=1S/C14H17FN4OS/c1-18-6-8-19(9-7-18)13-14(17-21-16-13)20-10-11-2-4-12(15)5-3-11/h2-5H,6-10H2,1H3. The molecule has 21 heavy (non-hydrogen) atoms. The summed E-state index contributed by atoms with van der Waals surface area (Å²) in [5.74, 6) is 1.14. The Balaban J connectivity index is 1.64. The molecule has 1 fully saturated rings. The van der Waals surface area contributed by atoms with Gasteiger partial charge >= 0.3 is 0 Å². The molecule has 1 aromatic heterocycles. The molecule has 112 valence electrons. The molecule has 0 unspecified atom stereocenters. The van der Waals surface area contributed by atoms with Crippen LogP contribution in [0.25, 0.3) is 0 Å². The van der Waals surface area contributed by atoms with Crippen LogP contribution in [0, 0.1) is 5.82 Å². The minimum absolute atomic E-state index is 0.243. The second kappa shape index (κ2) is 6.36. The Bertz CT molecular complexity index is 581. The number of halogens is 1. The van der Waals surface area contributed by atoms with Gasteiger partial charge < -0.3 is 14.5 Å². The highest BCUT2D eigenvalue weighted by Crippen LogP contribution is 2.27. The number of piperazine rings is 1. The van der Waals surface area contributed by atoms with E-state index in [2.05, 4.69) is 25.6 Å². The molecule has 0 amide bonds. The fraction of sp³-hybridized carbons (Fsp3) is 0.429. The Morgan fingerprint density at radius 1 is 1.14 bits per heavy atom. The molecule has 5 nitrogen and oxygen atoms in total. The van der Waals surface area contributed by atoms with Crippen molar-refractivity contribution in [1.82, 2.24) is 13.6 Å². The maximum Gasteiger partial charge on any atom is 0.271 e. The van der Waals surface area contributed by atoms with E-state index in [1.807, 2.05) is 0 Å². The van der Waals surface area contributed by atoms with Crippen LogP contribution in [-0.4, -0.2) is 46.9 Å². The van der Waals surface area contributed by atoms with Crippen LogP contribution >= 0.6 is 11.7 Å². The molecule has 2 aromatic rings. The monoisotopic (exact) mass is 308 g/mol. The number of rotatable bonds is 4. The van der Waals surface area contributed by atoms with Gasteiger partial charge in [-0.25, -0.2) is 4.39 Å². The van der Waals surface area contributed by atoms with Gasteiger partial charge in [-0.3, -0.25) is 0 Å². The molecule has 1 saturated heterocycles. The van der Waals surface area contributed by atoms with Gasteiger partial charge in [0.2, 0.25) is 5.82 Å². The second-order valence-corrected chi connectivity index (χ2v) is 5.63. The molecule has 0 saturated carbocycles. The molecule has 3 rings (SSSR count). The highest BCUT2D eigenvalue weighted by Gasteiger charge is 2.21. The van der Waals surface area contributed by atoms with E-state index in [4.69, 9.17) is 4.74 Å². The van der Waals surface area contributed by atoms with Crippen LogP contribution in [-0.2, 0) is 6.61 Å². The number of hydrogen-bond acceptors (Lipinski definition) is 6. The highest BCUT2D eigenvalue weighted by atomic mass is 32.1. The first-order valence-electron chi connectivity index (χ1n) is 6.85. The Labute approximate surface area is 127 Å². The fourth-order valence-electron chi connectivity index (χ4n) is 2.21. The van der Waals surface area contributed by atoms with Gasteiger partial charge in [0, 0.05) is 26.2 Å². The van der Waals surface area contributed by atoms with E-state index >= 15 is 0 Å². The van der Waals surface area contributed by atoms with E-state index < -0.39 is 0 Å². The number of ether oxygens (including phenoxy) is 1. The van der Waals surface area contributed by atoms with Crippen molar-refractivity contribution in [3.05, 3.63) is 35.6 Å². The fourth-order valence-corrected chi connectivity index (χ4v) is 2.73. The first-order chi connectivity index (χ1) is 10.2. The quantitative estimate of drug-likeness (QED) is 0.864. The van der Waals surface area contributed by atoms with Crippen molar-refractivity contribution in [2.75, 3.05) is 38.1 Å². The number of hydrogen-bond donors (Lipinski definition) is 0. The summed E-state index contributed by atoms with van der Waals surface area (Å²) >= 11 is 1.16. The van der Waals surface area contributed by atoms with Crippen molar-refractivity contribution < 1.29 is 9.13 Å². The summed E-state index contributed by atoms with van der Waals surface area (Å²) in [5.41, 5.74) is 0.911. The predicted octanol–water partition coefficient (Wildman–Crippen LogP) is 2.01. The molecular weight excluding hydrogens is 291 g/mol. The lowest BCUT2D eigenvalue weighted by Gasteiger charge is -2.32. The molecule has 0 bridgehead atoms. The molecule has 0 spiro atoms. The van der Waals surface area contributed by atoms with E-state index in [1.165, 1.54) is 12.1 Å². The topological polar surface area (TPSA) is 41.5 Å². The van der Waals surface area contributed by atoms with Gasteiger partial charge in [-0.05, 0) is 24.7 Å². The van der Waals surface area contributed by atoms with Crippen LogP contribution in [0.4, 0.5) is 10.2 Å². The van der Waals surface area contributed by atoms with Gasteiger partial charge in [-0.2, -0.15) is 4.37 Å². The maximum atomic E-state index is 12.9. The van der Waals surface area contributed by atoms with Crippen molar-refractivity contribution in [2.45, 2.75) is 6.61 Å². The summed E-state index contributed by atoms with van der Waals surface area (Å²) in [6.45, 7) is 4.24. The van der Waals surface area contributed by atoms with E-state index in [0.29, 0.717) is 12.5 Å². The predicted molar refractivity (Wildman–Crippen MR) is 80.4 cm³/mol. The molecule has 0 aliphatic carbocycles. The minimum atomic E-state index is -0.243. The van der Waals surface area contributed by atoms with Crippen LogP contribution in [0.2, 0.25) is 0 Å². The largest absolute Gasteiger partial charge is 0.470 e. The van der Waals surface area contributed by atoms with Gasteiger partial charge in [0.25, 0.3) is 5.88 Å². The number of benzene rings is 1. The molecule has 0 N–H and O–H groups in total. The molecule has 1 aliphatic heterocycles. The number of anilines is 1. The lowest BCUT2D eigenvalue weighted by Crippen LogP contribution is -2.44. The molecule has 2 heterocycles. The van der Waals surface area contributed by atoms with E-state index in [0.717, 1.165) is 49.3 Å². The van der Waals surface area contributed by atoms with Crippen LogP contribution in [0.1, 0.15) is 5.56 Å². The summed E-state index contributed by atoms with van der Waals surface area (Å²) in [5, 5.41) is 0. The molecule has 0 radical (unpaired) electrons. The van der Waals surface area contributed by atoms with Crippen molar-refractivity contribution in [2.24, 2.45) is 0 Å². The molecular formula is C14H17FN4OS. The Kier molecular flexibility index (Phi) is 4.31. The SMILES string of the molecule is CN1CCN(c2nsnc2OCc2ccc(F)cc2)CC1. The van der Waals surface area contributed by atoms with Crippen LogP contribution in [0.5, 0.6) is 5.88 Å². The van der Waals surface area contributed by atoms with Crippen molar-refractivity contribution in [3.63, 3.8) is 0 Å². The van der Waals surface area contributed by atoms with Crippen molar-refractivity contribution >= 4 is 17.5 Å². The Morgan fingerprint density at radius 2 is 1.86 bits per heavy atom. The van der Waals surface area contributed by atoms with Crippen molar-refractivity contribution in [3.8, 4) is 5.88 Å². The number of likely N-dealkylation sites (N-methyl/N-ethyl adjacent to an activating group) is 1. The van der Waals surface area contributed by atoms with Gasteiger partial charge in [0.1, 0.15) is 12.4 Å². The number of aromatic nitrogens is 2. The second-order valence-electron chi connectivity index (χ2n) is 5.10. The average Bonchev–Trinajstić information content (AvgIpc) is 2.96. The molecule has 7 heteroatoms. The molecule has 1 aliphatic rings. The van der Waals surface area contributed by atoms with Gasteiger partial charge in [-0.1, -0.05) is 12.1 Å². The lowest BCUT2D eigenvalue weighted by atomic mass is 10.2. The Morgan fingerprint density at radius 3 is 2.57 bits per heavy atom. The van der Waals surface area contributed by atoms with E-state index in [1.54, 1.807) is 12.1 Å². The zero-order valence-corrected chi connectivity index (χ0v) is 12.6. The third kappa shape index (κ3) is 3.48. The third-order valence-corrected chi connectivity index (χ3v) is 4.04. The first-order valence-corrected chi connectivity index (χ1v) is 7.59. The summed E-state index contributed by atoms with van der Waals surface area (Å²) in [7, 11) is 2.11. The summed E-state index contributed by atoms with van der Waals surface area (Å²) in [4.78, 5) is 4.48. The highest BCUT2D eigenvalue weighted by molar-refractivity contribution is 6.99. The normalized spacial score (nSPS) is 16.2. The van der Waals surface area contributed by atoms with Crippen LogP contribution < -0.4 is 9.64 Å². The Hall–Kier alpha value is -1.73. The van der Waals surface area contributed by atoms with Gasteiger partial charge in [0.15, 0.2) is 0 Å². The molecule has 1 aromatic carbocycles. The van der Waals surface area contributed by atoms with Crippen LogP contribution in [0.15, 0.2) is 24.3 Å². The maximum absolute atomic E-state index is 12.9. The molecule has 0 atom stereocenters. The zero-order valence-electron chi connectivity index (χ0n) is 11.8. The van der Waals surface area contributed by atoms with E-state index in [9.17, 15) is 4.39 Å². The van der Waals surface area contributed by atoms with Crippen molar-refractivity contribution in [1.29, 1.82) is 0 Å². The number of nitrogens with zero attached hydrogens (tertiary/aromatic N) is 4. The van der Waals surface area contributed by atoms with Crippen LogP contribution in [0.3, 0.4) is 0 Å². The minimum Gasteiger partial charge on any atom is -0.470 e. The summed E-state index contributed by atoms with van der Waals surface area (Å²) in [6, 6.07) is 6.29. The third-order valence-electron chi connectivity index (χ3n) is 3.53. The zero-order chi connectivity index (χ0) is 14.7. The van der Waals surface area contributed by atoms with E-state index in [-0.39, 0.29) is 5.82 Å². The van der Waals surface area contributed by atoms with Gasteiger partial charge in [0.05, 0.1) is 11.7 Å². The lowest BCUT2D eigenvalue weighted by molar-refractivity contribution is 0.289.